The first-order valence-corrected chi connectivity index (χ1v) is 8.09. The molecule has 0 bridgehead atoms. The summed E-state index contributed by atoms with van der Waals surface area (Å²) in [6.07, 6.45) is 1.10. The molecule has 0 aliphatic heterocycles. The third-order valence-corrected chi connectivity index (χ3v) is 4.82. The van der Waals surface area contributed by atoms with Gasteiger partial charge in [-0.25, -0.2) is 0 Å². The Morgan fingerprint density at radius 1 is 1.00 bits per heavy atom. The molecule has 21 heavy (non-hydrogen) atoms. The fourth-order valence-corrected chi connectivity index (χ4v) is 3.25. The lowest BCUT2D eigenvalue weighted by molar-refractivity contribution is 0.666. The van der Waals surface area contributed by atoms with Gasteiger partial charge in [0.1, 0.15) is 0 Å². The first-order valence-electron chi connectivity index (χ1n) is 7.29. The maximum Gasteiger partial charge on any atom is 0.0494 e. The maximum atomic E-state index is 3.71. The van der Waals surface area contributed by atoms with E-state index in [-0.39, 0.29) is 0 Å². The molecule has 1 N–H and O–H groups in total. The second-order valence-electron chi connectivity index (χ2n) is 5.21. The Morgan fingerprint density at radius 2 is 1.71 bits per heavy atom. The van der Waals surface area contributed by atoms with Crippen LogP contribution in [0.3, 0.4) is 0 Å². The number of para-hydroxylation sites is 2. The predicted molar refractivity (Wildman–Crippen MR) is 93.9 cm³/mol. The molecule has 0 saturated heterocycles. The second kappa shape index (κ2) is 6.35. The van der Waals surface area contributed by atoms with Crippen LogP contribution in [-0.4, -0.2) is 11.1 Å². The van der Waals surface area contributed by atoms with Crippen LogP contribution < -0.4 is 5.32 Å². The van der Waals surface area contributed by atoms with Crippen molar-refractivity contribution >= 4 is 32.5 Å². The third kappa shape index (κ3) is 2.98. The van der Waals surface area contributed by atoms with Crippen LogP contribution in [-0.2, 0) is 6.54 Å². The van der Waals surface area contributed by atoms with E-state index in [4.69, 9.17) is 0 Å². The summed E-state index contributed by atoms with van der Waals surface area (Å²) in [4.78, 5) is 0. The highest BCUT2D eigenvalue weighted by Crippen LogP contribution is 2.30. The van der Waals surface area contributed by atoms with Crippen molar-refractivity contribution in [3.8, 4) is 0 Å². The molecular formula is C18H19BrN2. The summed E-state index contributed by atoms with van der Waals surface area (Å²) in [5, 5.41) is 4.76. The van der Waals surface area contributed by atoms with Gasteiger partial charge in [0.25, 0.3) is 0 Å². The summed E-state index contributed by atoms with van der Waals surface area (Å²) in [6.45, 7) is 4.18. The Hall–Kier alpha value is -1.74. The van der Waals surface area contributed by atoms with E-state index < -0.39 is 0 Å². The molecule has 0 saturated carbocycles. The molecule has 0 aliphatic carbocycles. The highest BCUT2D eigenvalue weighted by Gasteiger charge is 2.10. The van der Waals surface area contributed by atoms with E-state index in [9.17, 15) is 0 Å². The predicted octanol–water partition coefficient (Wildman–Crippen LogP) is 5.21. The van der Waals surface area contributed by atoms with Gasteiger partial charge in [-0.05, 0) is 47.5 Å². The first-order chi connectivity index (χ1) is 10.3. The number of aromatic nitrogens is 1. The number of hydrogen-bond acceptors (Lipinski definition) is 1. The Labute approximate surface area is 133 Å². The summed E-state index contributed by atoms with van der Waals surface area (Å²) < 4.78 is 3.61. The summed E-state index contributed by atoms with van der Waals surface area (Å²) >= 11 is 3.71. The molecule has 3 rings (SSSR count). The molecule has 0 spiro atoms. The molecule has 0 radical (unpaired) electrons. The van der Waals surface area contributed by atoms with E-state index >= 15 is 0 Å². The molecule has 3 heteroatoms. The molecule has 3 aromatic rings. The highest BCUT2D eigenvalue weighted by atomic mass is 79.9. The van der Waals surface area contributed by atoms with Crippen LogP contribution in [0.25, 0.3) is 10.9 Å². The monoisotopic (exact) mass is 342 g/mol. The number of nitrogens with one attached hydrogen (secondary N) is 1. The van der Waals surface area contributed by atoms with Crippen LogP contribution in [0.15, 0.2) is 59.1 Å². The molecule has 0 atom stereocenters. The van der Waals surface area contributed by atoms with Gasteiger partial charge in [-0.3, -0.25) is 0 Å². The van der Waals surface area contributed by atoms with Crippen molar-refractivity contribution in [3.05, 3.63) is 64.8 Å². The molecule has 1 aromatic heterocycles. The maximum absolute atomic E-state index is 3.71. The number of hydrogen-bond donors (Lipinski definition) is 1. The van der Waals surface area contributed by atoms with Crippen LogP contribution >= 0.6 is 15.9 Å². The molecule has 0 unspecified atom stereocenters. The number of anilines is 1. The normalized spacial score (nSPS) is 11.0. The van der Waals surface area contributed by atoms with Crippen LogP contribution in [0.5, 0.6) is 0 Å². The van der Waals surface area contributed by atoms with E-state index in [1.807, 2.05) is 6.07 Å². The van der Waals surface area contributed by atoms with Gasteiger partial charge in [0, 0.05) is 39.8 Å². The van der Waals surface area contributed by atoms with Gasteiger partial charge in [0.05, 0.1) is 0 Å². The van der Waals surface area contributed by atoms with Gasteiger partial charge in [0.15, 0.2) is 0 Å². The Bertz CT molecular complexity index is 732. The molecule has 0 aliphatic rings. The minimum Gasteiger partial charge on any atom is -0.385 e. The van der Waals surface area contributed by atoms with E-state index in [2.05, 4.69) is 81.3 Å². The molecule has 108 valence electrons. The largest absolute Gasteiger partial charge is 0.385 e. The molecule has 1 heterocycles. The summed E-state index contributed by atoms with van der Waals surface area (Å²) in [6, 6.07) is 18.9. The van der Waals surface area contributed by atoms with Crippen molar-refractivity contribution in [3.63, 3.8) is 0 Å². The van der Waals surface area contributed by atoms with Crippen LogP contribution in [0, 0.1) is 6.92 Å². The number of benzene rings is 2. The zero-order valence-corrected chi connectivity index (χ0v) is 13.7. The molecule has 2 nitrogen and oxygen atoms in total. The molecule has 0 fully saturated rings. The highest BCUT2D eigenvalue weighted by molar-refractivity contribution is 9.10. The number of fused-ring (bicyclic) bond motifs is 1. The van der Waals surface area contributed by atoms with E-state index in [1.54, 1.807) is 0 Å². The number of rotatable bonds is 5. The van der Waals surface area contributed by atoms with Crippen molar-refractivity contribution in [1.29, 1.82) is 0 Å². The third-order valence-electron chi connectivity index (χ3n) is 3.82. The van der Waals surface area contributed by atoms with Crippen LogP contribution in [0.4, 0.5) is 5.69 Å². The summed E-state index contributed by atoms with van der Waals surface area (Å²) in [5.41, 5.74) is 3.80. The average Bonchev–Trinajstić information content (AvgIpc) is 2.77. The quantitative estimate of drug-likeness (QED) is 0.629. The lowest BCUT2D eigenvalue weighted by Crippen LogP contribution is -2.07. The minimum atomic E-state index is 0.980. The van der Waals surface area contributed by atoms with Crippen molar-refractivity contribution in [2.75, 3.05) is 11.9 Å². The zero-order chi connectivity index (χ0) is 14.7. The standard InChI is InChI=1S/C18H19BrN2/c1-14-18(19)16-10-5-6-11-17(16)21(14)13-7-12-20-15-8-3-2-4-9-15/h2-6,8-11,20H,7,12-13H2,1H3. The lowest BCUT2D eigenvalue weighted by Gasteiger charge is -2.10. The lowest BCUT2D eigenvalue weighted by atomic mass is 10.2. The van der Waals surface area contributed by atoms with E-state index in [1.165, 1.54) is 26.8 Å². The van der Waals surface area contributed by atoms with Gasteiger partial charge in [0.2, 0.25) is 0 Å². The fourth-order valence-electron chi connectivity index (χ4n) is 2.70. The molecule has 0 amide bonds. The van der Waals surface area contributed by atoms with Crippen LogP contribution in [0.1, 0.15) is 12.1 Å². The number of halogens is 1. The van der Waals surface area contributed by atoms with Crippen molar-refractivity contribution in [2.24, 2.45) is 0 Å². The number of nitrogens with zero attached hydrogens (tertiary/aromatic N) is 1. The van der Waals surface area contributed by atoms with Gasteiger partial charge >= 0.3 is 0 Å². The van der Waals surface area contributed by atoms with Gasteiger partial charge in [-0.1, -0.05) is 36.4 Å². The topological polar surface area (TPSA) is 17.0 Å². The van der Waals surface area contributed by atoms with Crippen molar-refractivity contribution < 1.29 is 0 Å². The number of aryl methyl sites for hydroxylation is 1. The van der Waals surface area contributed by atoms with Gasteiger partial charge in [-0.2, -0.15) is 0 Å². The Balaban J connectivity index is 1.67. The van der Waals surface area contributed by atoms with Crippen molar-refractivity contribution in [1.82, 2.24) is 4.57 Å². The zero-order valence-electron chi connectivity index (χ0n) is 12.1. The van der Waals surface area contributed by atoms with Gasteiger partial charge in [-0.15, -0.1) is 0 Å². The minimum absolute atomic E-state index is 0.980. The summed E-state index contributed by atoms with van der Waals surface area (Å²) in [7, 11) is 0. The van der Waals surface area contributed by atoms with Gasteiger partial charge < -0.3 is 9.88 Å². The Morgan fingerprint density at radius 3 is 2.52 bits per heavy atom. The second-order valence-corrected chi connectivity index (χ2v) is 6.01. The van der Waals surface area contributed by atoms with E-state index in [0.717, 1.165) is 19.5 Å². The van der Waals surface area contributed by atoms with Crippen molar-refractivity contribution in [2.45, 2.75) is 19.9 Å². The fraction of sp³-hybridized carbons (Fsp3) is 0.222. The smallest absolute Gasteiger partial charge is 0.0494 e. The Kier molecular flexibility index (Phi) is 4.30. The molecule has 2 aromatic carbocycles. The van der Waals surface area contributed by atoms with Crippen LogP contribution in [0.2, 0.25) is 0 Å². The average molecular weight is 343 g/mol. The SMILES string of the molecule is Cc1c(Br)c2ccccc2n1CCCNc1ccccc1. The van der Waals surface area contributed by atoms with E-state index in [0.29, 0.717) is 0 Å². The molecular weight excluding hydrogens is 324 g/mol. The summed E-state index contributed by atoms with van der Waals surface area (Å²) in [5.74, 6) is 0. The first kappa shape index (κ1) is 14.2.